The van der Waals surface area contributed by atoms with Crippen LogP contribution in [0.5, 0.6) is 0 Å². The van der Waals surface area contributed by atoms with Crippen molar-refractivity contribution in [3.8, 4) is 0 Å². The highest BCUT2D eigenvalue weighted by atomic mass is 16.3. The average molecular weight is 223 g/mol. The summed E-state index contributed by atoms with van der Waals surface area (Å²) in [5, 5.41) is 16.0. The number of nitrogens with zero attached hydrogens (tertiary/aromatic N) is 2. The molecule has 1 amide bonds. The smallest absolute Gasteiger partial charge is 0.274 e. The maximum absolute atomic E-state index is 11.8. The predicted octanol–water partition coefficient (Wildman–Crippen LogP) is 0.425. The Morgan fingerprint density at radius 1 is 1.69 bits per heavy atom. The van der Waals surface area contributed by atoms with Crippen molar-refractivity contribution in [3.63, 3.8) is 0 Å². The number of nitrogens with one attached hydrogen (secondary N) is 1. The molecule has 0 aromatic carbocycles. The molecule has 5 nitrogen and oxygen atoms in total. The van der Waals surface area contributed by atoms with Crippen molar-refractivity contribution >= 4 is 5.91 Å². The second-order valence-corrected chi connectivity index (χ2v) is 4.74. The molecule has 0 unspecified atom stereocenters. The summed E-state index contributed by atoms with van der Waals surface area (Å²) in [6.45, 7) is 5.08. The zero-order valence-corrected chi connectivity index (χ0v) is 9.60. The van der Waals surface area contributed by atoms with Gasteiger partial charge in [0.2, 0.25) is 0 Å². The van der Waals surface area contributed by atoms with E-state index >= 15 is 0 Å². The number of aromatic amines is 1. The van der Waals surface area contributed by atoms with Crippen molar-refractivity contribution in [1.82, 2.24) is 15.1 Å². The van der Waals surface area contributed by atoms with E-state index in [1.807, 2.05) is 0 Å². The van der Waals surface area contributed by atoms with E-state index in [4.69, 9.17) is 5.11 Å². The lowest BCUT2D eigenvalue weighted by Gasteiger charge is -2.35. The number of amides is 1. The molecular weight excluding hydrogens is 206 g/mol. The van der Waals surface area contributed by atoms with Gasteiger partial charge in [0.05, 0.1) is 6.10 Å². The summed E-state index contributed by atoms with van der Waals surface area (Å²) >= 11 is 0. The first-order valence-corrected chi connectivity index (χ1v) is 5.58. The number of carbonyl (C=O) groups excluding carboxylic acids is 1. The summed E-state index contributed by atoms with van der Waals surface area (Å²) in [7, 11) is 0. The molecule has 0 bridgehead atoms. The number of rotatable bonds is 3. The number of carbonyl (C=O) groups is 1. The van der Waals surface area contributed by atoms with E-state index in [9.17, 15) is 4.79 Å². The van der Waals surface area contributed by atoms with E-state index in [1.54, 1.807) is 11.0 Å². The monoisotopic (exact) mass is 223 g/mol. The lowest BCUT2D eigenvalue weighted by molar-refractivity contribution is 0.00550. The lowest BCUT2D eigenvalue weighted by atomic mass is 10.1. The molecule has 1 saturated heterocycles. The molecule has 2 heterocycles. The number of hydrogen-bond acceptors (Lipinski definition) is 3. The zero-order valence-electron chi connectivity index (χ0n) is 9.60. The van der Waals surface area contributed by atoms with Gasteiger partial charge in [-0.3, -0.25) is 9.89 Å². The molecule has 0 spiro atoms. The summed E-state index contributed by atoms with van der Waals surface area (Å²) in [5.74, 6) is 0.436. The summed E-state index contributed by atoms with van der Waals surface area (Å²) in [6.07, 6.45) is 0.529. The summed E-state index contributed by atoms with van der Waals surface area (Å²) in [4.78, 5) is 13.4. The Bertz CT molecular complexity index is 380. The van der Waals surface area contributed by atoms with Gasteiger partial charge in [0.1, 0.15) is 5.69 Å². The minimum absolute atomic E-state index is 0.100. The number of aliphatic hydroxyl groups excluding tert-OH is 1. The second kappa shape index (κ2) is 4.25. The third-order valence-corrected chi connectivity index (χ3v) is 2.63. The van der Waals surface area contributed by atoms with E-state index in [0.29, 0.717) is 24.7 Å². The summed E-state index contributed by atoms with van der Waals surface area (Å²) in [6, 6.07) is 1.80. The van der Waals surface area contributed by atoms with Crippen LogP contribution in [0.15, 0.2) is 6.07 Å². The topological polar surface area (TPSA) is 69.2 Å². The molecule has 5 heteroatoms. The molecule has 2 rings (SSSR count). The number of β-amino-alcohol motifs (C(OH)–C–C–N with tert-alkyl or cyclic N) is 1. The molecule has 0 atom stereocenters. The quantitative estimate of drug-likeness (QED) is 0.780. The van der Waals surface area contributed by atoms with Crippen molar-refractivity contribution in [2.75, 3.05) is 13.1 Å². The van der Waals surface area contributed by atoms with Crippen molar-refractivity contribution in [2.45, 2.75) is 26.4 Å². The van der Waals surface area contributed by atoms with Gasteiger partial charge in [-0.05, 0) is 18.4 Å². The SMILES string of the molecule is CC(C)Cc1cc(C(=O)N2CC(O)C2)n[nH]1. The maximum atomic E-state index is 11.8. The molecule has 1 aliphatic rings. The van der Waals surface area contributed by atoms with Crippen LogP contribution in [0, 0.1) is 5.92 Å². The van der Waals surface area contributed by atoms with Crippen LogP contribution >= 0.6 is 0 Å². The van der Waals surface area contributed by atoms with Gasteiger partial charge in [0.25, 0.3) is 5.91 Å². The molecular formula is C11H17N3O2. The van der Waals surface area contributed by atoms with E-state index in [1.165, 1.54) is 0 Å². The number of aliphatic hydroxyl groups is 1. The fourth-order valence-corrected chi connectivity index (χ4v) is 1.80. The van der Waals surface area contributed by atoms with Crippen LogP contribution in [-0.4, -0.2) is 45.3 Å². The first-order valence-electron chi connectivity index (χ1n) is 5.58. The van der Waals surface area contributed by atoms with Gasteiger partial charge < -0.3 is 10.0 Å². The highest BCUT2D eigenvalue weighted by Gasteiger charge is 2.30. The fourth-order valence-electron chi connectivity index (χ4n) is 1.80. The Morgan fingerprint density at radius 2 is 2.38 bits per heavy atom. The predicted molar refractivity (Wildman–Crippen MR) is 59.0 cm³/mol. The molecule has 0 saturated carbocycles. The van der Waals surface area contributed by atoms with Gasteiger partial charge in [-0.25, -0.2) is 0 Å². The van der Waals surface area contributed by atoms with Crippen molar-refractivity contribution < 1.29 is 9.90 Å². The molecule has 1 aromatic rings. The Labute approximate surface area is 94.5 Å². The van der Waals surface area contributed by atoms with Gasteiger partial charge in [-0.15, -0.1) is 0 Å². The molecule has 0 aliphatic carbocycles. The highest BCUT2D eigenvalue weighted by molar-refractivity contribution is 5.93. The normalized spacial score (nSPS) is 16.6. The van der Waals surface area contributed by atoms with Crippen molar-refractivity contribution in [3.05, 3.63) is 17.5 Å². The molecule has 1 fully saturated rings. The summed E-state index contributed by atoms with van der Waals surface area (Å²) < 4.78 is 0. The zero-order chi connectivity index (χ0) is 11.7. The highest BCUT2D eigenvalue weighted by Crippen LogP contribution is 2.13. The molecule has 2 N–H and O–H groups in total. The largest absolute Gasteiger partial charge is 0.389 e. The van der Waals surface area contributed by atoms with E-state index in [2.05, 4.69) is 24.0 Å². The number of likely N-dealkylation sites (tertiary alicyclic amines) is 1. The third kappa shape index (κ3) is 2.24. The Hall–Kier alpha value is -1.36. The van der Waals surface area contributed by atoms with Crippen LogP contribution < -0.4 is 0 Å². The molecule has 16 heavy (non-hydrogen) atoms. The van der Waals surface area contributed by atoms with Gasteiger partial charge in [0.15, 0.2) is 0 Å². The van der Waals surface area contributed by atoms with Crippen LogP contribution in [0.25, 0.3) is 0 Å². The lowest BCUT2D eigenvalue weighted by Crippen LogP contribution is -2.53. The molecule has 0 radical (unpaired) electrons. The minimum atomic E-state index is -0.363. The Balaban J connectivity index is 1.99. The van der Waals surface area contributed by atoms with Crippen LogP contribution in [0.2, 0.25) is 0 Å². The third-order valence-electron chi connectivity index (χ3n) is 2.63. The summed E-state index contributed by atoms with van der Waals surface area (Å²) in [5.41, 5.74) is 1.43. The van der Waals surface area contributed by atoms with Gasteiger partial charge in [0, 0.05) is 18.8 Å². The maximum Gasteiger partial charge on any atom is 0.274 e. The van der Waals surface area contributed by atoms with Crippen LogP contribution in [0.3, 0.4) is 0 Å². The van der Waals surface area contributed by atoms with Gasteiger partial charge in [-0.1, -0.05) is 13.8 Å². The van der Waals surface area contributed by atoms with Crippen LogP contribution in [0.4, 0.5) is 0 Å². The fraction of sp³-hybridized carbons (Fsp3) is 0.636. The van der Waals surface area contributed by atoms with E-state index < -0.39 is 0 Å². The Morgan fingerprint density at radius 3 is 2.94 bits per heavy atom. The van der Waals surface area contributed by atoms with Crippen LogP contribution in [0.1, 0.15) is 30.0 Å². The van der Waals surface area contributed by atoms with Gasteiger partial charge in [-0.2, -0.15) is 5.10 Å². The first kappa shape index (κ1) is 11.1. The van der Waals surface area contributed by atoms with Gasteiger partial charge >= 0.3 is 0 Å². The van der Waals surface area contributed by atoms with E-state index in [0.717, 1.165) is 12.1 Å². The second-order valence-electron chi connectivity index (χ2n) is 4.74. The standard InChI is InChI=1S/C11H17N3O2/c1-7(2)3-8-4-10(13-12-8)11(16)14-5-9(15)6-14/h4,7,9,15H,3,5-6H2,1-2H3,(H,12,13). The number of H-pyrrole nitrogens is 1. The van der Waals surface area contributed by atoms with Crippen molar-refractivity contribution in [1.29, 1.82) is 0 Å². The molecule has 88 valence electrons. The molecule has 1 aliphatic heterocycles. The van der Waals surface area contributed by atoms with E-state index in [-0.39, 0.29) is 12.0 Å². The Kier molecular flexibility index (Phi) is 2.96. The average Bonchev–Trinajstić information content (AvgIpc) is 2.59. The van der Waals surface area contributed by atoms with Crippen LogP contribution in [-0.2, 0) is 6.42 Å². The number of aromatic nitrogens is 2. The minimum Gasteiger partial charge on any atom is -0.389 e. The molecule has 1 aromatic heterocycles. The first-order chi connectivity index (χ1) is 7.56. The number of hydrogen-bond donors (Lipinski definition) is 2. The van der Waals surface area contributed by atoms with Crippen molar-refractivity contribution in [2.24, 2.45) is 5.92 Å².